The molecule has 2 unspecified atom stereocenters. The molecule has 0 saturated heterocycles. The minimum absolute atomic E-state index is 0.0530. The van der Waals surface area contributed by atoms with Crippen LogP contribution in [0.25, 0.3) is 0 Å². The van der Waals surface area contributed by atoms with E-state index >= 15 is 0 Å². The first-order valence-electron chi connectivity index (χ1n) is 7.35. The summed E-state index contributed by atoms with van der Waals surface area (Å²) in [5.41, 5.74) is 8.52. The molecule has 0 fully saturated rings. The fraction of sp³-hybridized carbons (Fsp3) is 0.562. The van der Waals surface area contributed by atoms with Gasteiger partial charge in [-0.3, -0.25) is 4.79 Å². The first kappa shape index (κ1) is 15.0. The lowest BCUT2D eigenvalue weighted by molar-refractivity contribution is -0.123. The van der Waals surface area contributed by atoms with Gasteiger partial charge in [0.2, 0.25) is 5.91 Å². The molecule has 4 nitrogen and oxygen atoms in total. The molecule has 1 aromatic rings. The van der Waals surface area contributed by atoms with Crippen LogP contribution in [0.3, 0.4) is 0 Å². The first-order valence-corrected chi connectivity index (χ1v) is 7.35. The van der Waals surface area contributed by atoms with E-state index < -0.39 is 6.04 Å². The SMILES string of the molecule is COCCCC(N)C(=O)NC1CCCc2ccccc21. The third-order valence-corrected chi connectivity index (χ3v) is 3.89. The molecule has 0 saturated carbocycles. The molecule has 3 N–H and O–H groups in total. The van der Waals surface area contributed by atoms with Crippen molar-refractivity contribution in [3.05, 3.63) is 35.4 Å². The van der Waals surface area contributed by atoms with E-state index in [-0.39, 0.29) is 11.9 Å². The normalized spacial score (nSPS) is 19.2. The van der Waals surface area contributed by atoms with Gasteiger partial charge in [0.05, 0.1) is 12.1 Å². The van der Waals surface area contributed by atoms with E-state index in [0.717, 1.165) is 25.7 Å². The highest BCUT2D eigenvalue weighted by Crippen LogP contribution is 2.29. The Balaban J connectivity index is 1.92. The quantitative estimate of drug-likeness (QED) is 0.780. The van der Waals surface area contributed by atoms with Gasteiger partial charge in [0.15, 0.2) is 0 Å². The summed E-state index contributed by atoms with van der Waals surface area (Å²) in [5, 5.41) is 3.10. The van der Waals surface area contributed by atoms with E-state index in [2.05, 4.69) is 23.5 Å². The lowest BCUT2D eigenvalue weighted by atomic mass is 9.87. The summed E-state index contributed by atoms with van der Waals surface area (Å²) in [7, 11) is 1.66. The summed E-state index contributed by atoms with van der Waals surface area (Å²) in [5.74, 6) is -0.0530. The largest absolute Gasteiger partial charge is 0.385 e. The van der Waals surface area contributed by atoms with Crippen molar-refractivity contribution < 1.29 is 9.53 Å². The van der Waals surface area contributed by atoms with Crippen LogP contribution in [0.15, 0.2) is 24.3 Å². The molecule has 1 aliphatic rings. The van der Waals surface area contributed by atoms with Gasteiger partial charge in [-0.05, 0) is 43.2 Å². The number of hydrogen-bond acceptors (Lipinski definition) is 3. The van der Waals surface area contributed by atoms with Crippen molar-refractivity contribution in [2.45, 2.75) is 44.2 Å². The number of amides is 1. The fourth-order valence-electron chi connectivity index (χ4n) is 2.76. The number of carbonyl (C=O) groups excluding carboxylic acids is 1. The van der Waals surface area contributed by atoms with Crippen molar-refractivity contribution in [2.75, 3.05) is 13.7 Å². The topological polar surface area (TPSA) is 64.3 Å². The fourth-order valence-corrected chi connectivity index (χ4v) is 2.76. The van der Waals surface area contributed by atoms with Gasteiger partial charge in [-0.1, -0.05) is 24.3 Å². The van der Waals surface area contributed by atoms with Crippen LogP contribution in [-0.2, 0) is 16.0 Å². The van der Waals surface area contributed by atoms with Crippen molar-refractivity contribution in [3.8, 4) is 0 Å². The molecule has 1 aromatic carbocycles. The van der Waals surface area contributed by atoms with E-state index in [1.54, 1.807) is 7.11 Å². The highest BCUT2D eigenvalue weighted by atomic mass is 16.5. The number of benzene rings is 1. The molecular weight excluding hydrogens is 252 g/mol. The van der Waals surface area contributed by atoms with Crippen LogP contribution in [0.2, 0.25) is 0 Å². The van der Waals surface area contributed by atoms with Crippen LogP contribution in [-0.4, -0.2) is 25.7 Å². The molecule has 4 heteroatoms. The van der Waals surface area contributed by atoms with Crippen molar-refractivity contribution in [3.63, 3.8) is 0 Å². The van der Waals surface area contributed by atoms with Gasteiger partial charge < -0.3 is 15.8 Å². The number of nitrogens with two attached hydrogens (primary N) is 1. The number of ether oxygens (including phenoxy) is 1. The van der Waals surface area contributed by atoms with Crippen molar-refractivity contribution in [1.29, 1.82) is 0 Å². The molecule has 2 rings (SSSR count). The smallest absolute Gasteiger partial charge is 0.237 e. The Morgan fingerprint density at radius 2 is 2.30 bits per heavy atom. The molecule has 0 heterocycles. The number of fused-ring (bicyclic) bond motifs is 1. The van der Waals surface area contributed by atoms with Crippen LogP contribution in [0.1, 0.15) is 42.9 Å². The molecule has 1 amide bonds. The Labute approximate surface area is 120 Å². The van der Waals surface area contributed by atoms with E-state index in [0.29, 0.717) is 13.0 Å². The highest BCUT2D eigenvalue weighted by Gasteiger charge is 2.23. The van der Waals surface area contributed by atoms with Crippen LogP contribution < -0.4 is 11.1 Å². The van der Waals surface area contributed by atoms with Crippen LogP contribution in [0.5, 0.6) is 0 Å². The summed E-state index contributed by atoms with van der Waals surface area (Å²) < 4.78 is 4.98. The molecular formula is C16H24N2O2. The average molecular weight is 276 g/mol. The second-order valence-electron chi connectivity index (χ2n) is 5.39. The molecule has 2 atom stereocenters. The maximum Gasteiger partial charge on any atom is 0.237 e. The molecule has 0 spiro atoms. The Bertz CT molecular complexity index is 448. The lowest BCUT2D eigenvalue weighted by Crippen LogP contribution is -2.43. The molecule has 0 aromatic heterocycles. The Kier molecular flexibility index (Phi) is 5.56. The number of nitrogens with one attached hydrogen (secondary N) is 1. The summed E-state index contributed by atoms with van der Waals surface area (Å²) in [6.45, 7) is 0.646. The van der Waals surface area contributed by atoms with Gasteiger partial charge in [0.1, 0.15) is 0 Å². The number of carbonyl (C=O) groups is 1. The molecule has 1 aliphatic carbocycles. The molecule has 0 aliphatic heterocycles. The zero-order chi connectivity index (χ0) is 14.4. The molecule has 0 radical (unpaired) electrons. The number of rotatable bonds is 6. The van der Waals surface area contributed by atoms with Gasteiger partial charge in [0, 0.05) is 13.7 Å². The summed E-state index contributed by atoms with van der Waals surface area (Å²) >= 11 is 0. The summed E-state index contributed by atoms with van der Waals surface area (Å²) in [6.07, 6.45) is 4.68. The third-order valence-electron chi connectivity index (χ3n) is 3.89. The standard InChI is InChI=1S/C16H24N2O2/c1-20-11-5-9-14(17)16(19)18-15-10-4-7-12-6-2-3-8-13(12)15/h2-3,6,8,14-15H,4-5,7,9-11,17H2,1H3,(H,18,19). The number of methoxy groups -OCH3 is 1. The zero-order valence-electron chi connectivity index (χ0n) is 12.1. The number of hydrogen-bond donors (Lipinski definition) is 2. The second-order valence-corrected chi connectivity index (χ2v) is 5.39. The van der Waals surface area contributed by atoms with E-state index in [9.17, 15) is 4.79 Å². The highest BCUT2D eigenvalue weighted by molar-refractivity contribution is 5.81. The van der Waals surface area contributed by atoms with Crippen molar-refractivity contribution in [2.24, 2.45) is 5.73 Å². The van der Waals surface area contributed by atoms with Gasteiger partial charge in [-0.25, -0.2) is 0 Å². The van der Waals surface area contributed by atoms with Gasteiger partial charge >= 0.3 is 0 Å². The summed E-state index contributed by atoms with van der Waals surface area (Å²) in [6, 6.07) is 8.00. The van der Waals surface area contributed by atoms with Crippen molar-refractivity contribution >= 4 is 5.91 Å². The molecule has 0 bridgehead atoms. The Hall–Kier alpha value is -1.39. The molecule has 110 valence electrons. The monoisotopic (exact) mass is 276 g/mol. The van der Waals surface area contributed by atoms with Gasteiger partial charge in [-0.15, -0.1) is 0 Å². The predicted molar refractivity (Wildman–Crippen MR) is 79.3 cm³/mol. The second kappa shape index (κ2) is 7.41. The zero-order valence-corrected chi connectivity index (χ0v) is 12.1. The summed E-state index contributed by atoms with van der Waals surface area (Å²) in [4.78, 5) is 12.1. The first-order chi connectivity index (χ1) is 9.72. The lowest BCUT2D eigenvalue weighted by Gasteiger charge is -2.27. The van der Waals surface area contributed by atoms with E-state index in [1.807, 2.05) is 6.07 Å². The number of aryl methyl sites for hydroxylation is 1. The third kappa shape index (κ3) is 3.81. The van der Waals surface area contributed by atoms with Crippen molar-refractivity contribution in [1.82, 2.24) is 5.32 Å². The average Bonchev–Trinajstić information content (AvgIpc) is 2.47. The van der Waals surface area contributed by atoms with E-state index in [4.69, 9.17) is 10.5 Å². The predicted octanol–water partition coefficient (Wildman–Crippen LogP) is 1.93. The van der Waals surface area contributed by atoms with Crippen LogP contribution in [0, 0.1) is 0 Å². The maximum atomic E-state index is 12.1. The van der Waals surface area contributed by atoms with Gasteiger partial charge in [-0.2, -0.15) is 0 Å². The maximum absolute atomic E-state index is 12.1. The molecule has 20 heavy (non-hydrogen) atoms. The van der Waals surface area contributed by atoms with Crippen LogP contribution >= 0.6 is 0 Å². The van der Waals surface area contributed by atoms with Gasteiger partial charge in [0.25, 0.3) is 0 Å². The minimum Gasteiger partial charge on any atom is -0.385 e. The Morgan fingerprint density at radius 1 is 1.50 bits per heavy atom. The van der Waals surface area contributed by atoms with Crippen LogP contribution in [0.4, 0.5) is 0 Å². The Morgan fingerprint density at radius 3 is 3.10 bits per heavy atom. The van der Waals surface area contributed by atoms with E-state index in [1.165, 1.54) is 11.1 Å². The minimum atomic E-state index is -0.445.